The predicted molar refractivity (Wildman–Crippen MR) is 93.1 cm³/mol. The van der Waals surface area contributed by atoms with Gasteiger partial charge in [0.2, 0.25) is 0 Å². The molecule has 2 atom stereocenters. The molecule has 23 heavy (non-hydrogen) atoms. The molecule has 2 N–H and O–H groups in total. The molecule has 2 fully saturated rings. The molecule has 0 radical (unpaired) electrons. The summed E-state index contributed by atoms with van der Waals surface area (Å²) in [7, 11) is 0. The first-order valence-electron chi connectivity index (χ1n) is 8.75. The first kappa shape index (κ1) is 15.2. The molecule has 0 spiro atoms. The van der Waals surface area contributed by atoms with Crippen LogP contribution in [0.4, 0.5) is 0 Å². The molecule has 0 aliphatic carbocycles. The van der Waals surface area contributed by atoms with E-state index in [9.17, 15) is 0 Å². The van der Waals surface area contributed by atoms with E-state index in [0.717, 1.165) is 19.6 Å². The second-order valence-corrected chi connectivity index (χ2v) is 7.95. The number of aromatic amines is 1. The maximum absolute atomic E-state index is 6.40. The van der Waals surface area contributed by atoms with Crippen LogP contribution in [0.3, 0.4) is 0 Å². The van der Waals surface area contributed by atoms with Gasteiger partial charge >= 0.3 is 0 Å². The van der Waals surface area contributed by atoms with Crippen molar-refractivity contribution < 1.29 is 4.84 Å². The standard InChI is InChI=1S/C19H27N3O/c1-18(2,3)23-22-11-9-15-8-10-20-13-19(15,22)17-12-14-6-4-5-7-16(14)21-17/h4-7,12,15,20-21H,8-11,13H2,1-3H3. The Morgan fingerprint density at radius 3 is 2.83 bits per heavy atom. The average Bonchev–Trinajstić information content (AvgIpc) is 3.08. The minimum Gasteiger partial charge on any atom is -0.357 e. The molecule has 4 rings (SSSR count). The van der Waals surface area contributed by atoms with Crippen LogP contribution in [0.1, 0.15) is 39.3 Å². The molecule has 2 aromatic rings. The Balaban J connectivity index is 1.80. The molecule has 4 nitrogen and oxygen atoms in total. The van der Waals surface area contributed by atoms with Crippen molar-refractivity contribution in [1.29, 1.82) is 0 Å². The van der Waals surface area contributed by atoms with Crippen LogP contribution in [0.15, 0.2) is 30.3 Å². The van der Waals surface area contributed by atoms with Crippen LogP contribution in [-0.2, 0) is 10.4 Å². The number of rotatable bonds is 2. The zero-order chi connectivity index (χ0) is 16.1. The molecular formula is C19H27N3O. The largest absolute Gasteiger partial charge is 0.357 e. The molecule has 3 heterocycles. The minimum absolute atomic E-state index is 0.0788. The number of nitrogens with zero attached hydrogens (tertiary/aromatic N) is 1. The first-order chi connectivity index (χ1) is 11.0. The van der Waals surface area contributed by atoms with E-state index in [-0.39, 0.29) is 11.1 Å². The summed E-state index contributed by atoms with van der Waals surface area (Å²) in [5.41, 5.74) is 2.25. The zero-order valence-corrected chi connectivity index (χ0v) is 14.4. The third-order valence-electron chi connectivity index (χ3n) is 5.25. The lowest BCUT2D eigenvalue weighted by molar-refractivity contribution is -0.273. The molecule has 0 amide bonds. The van der Waals surface area contributed by atoms with Gasteiger partial charge in [0.25, 0.3) is 0 Å². The van der Waals surface area contributed by atoms with Gasteiger partial charge in [-0.1, -0.05) is 18.2 Å². The van der Waals surface area contributed by atoms with Crippen molar-refractivity contribution in [3.05, 3.63) is 36.0 Å². The molecule has 0 saturated carbocycles. The Labute approximate surface area is 138 Å². The van der Waals surface area contributed by atoms with E-state index in [0.29, 0.717) is 5.92 Å². The van der Waals surface area contributed by atoms with Gasteiger partial charge in [-0.25, -0.2) is 0 Å². The smallest absolute Gasteiger partial charge is 0.101 e. The van der Waals surface area contributed by atoms with E-state index in [1.165, 1.54) is 29.4 Å². The molecule has 1 aromatic carbocycles. The summed E-state index contributed by atoms with van der Waals surface area (Å²) in [6.07, 6.45) is 2.41. The number of H-pyrrole nitrogens is 1. The number of nitrogens with one attached hydrogen (secondary N) is 2. The Bertz CT molecular complexity index is 669. The second kappa shape index (κ2) is 5.33. The van der Waals surface area contributed by atoms with Crippen LogP contribution < -0.4 is 5.32 Å². The summed E-state index contributed by atoms with van der Waals surface area (Å²) in [5, 5.41) is 7.15. The van der Waals surface area contributed by atoms with Crippen LogP contribution in [0, 0.1) is 5.92 Å². The van der Waals surface area contributed by atoms with Crippen molar-refractivity contribution in [2.24, 2.45) is 5.92 Å². The maximum atomic E-state index is 6.40. The van der Waals surface area contributed by atoms with Gasteiger partial charge in [0, 0.05) is 24.3 Å². The van der Waals surface area contributed by atoms with Crippen molar-refractivity contribution in [3.8, 4) is 0 Å². The molecule has 1 aromatic heterocycles. The van der Waals surface area contributed by atoms with Gasteiger partial charge in [0.15, 0.2) is 0 Å². The highest BCUT2D eigenvalue weighted by Gasteiger charge is 2.53. The van der Waals surface area contributed by atoms with E-state index in [4.69, 9.17) is 4.84 Å². The van der Waals surface area contributed by atoms with Gasteiger partial charge in [0.05, 0.1) is 5.60 Å². The van der Waals surface area contributed by atoms with Gasteiger partial charge in [-0.15, -0.1) is 0 Å². The topological polar surface area (TPSA) is 40.3 Å². The first-order valence-corrected chi connectivity index (χ1v) is 8.75. The Hall–Kier alpha value is -1.36. The third-order valence-corrected chi connectivity index (χ3v) is 5.25. The van der Waals surface area contributed by atoms with Gasteiger partial charge in [0.1, 0.15) is 5.54 Å². The number of hydroxylamine groups is 2. The Morgan fingerprint density at radius 1 is 1.22 bits per heavy atom. The summed E-state index contributed by atoms with van der Waals surface area (Å²) < 4.78 is 0. The fourth-order valence-electron chi connectivity index (χ4n) is 4.30. The van der Waals surface area contributed by atoms with E-state index in [1.54, 1.807) is 0 Å². The zero-order valence-electron chi connectivity index (χ0n) is 14.4. The fraction of sp³-hybridized carbons (Fsp3) is 0.579. The number of benzene rings is 1. The Morgan fingerprint density at radius 2 is 2.04 bits per heavy atom. The molecule has 4 heteroatoms. The Kier molecular flexibility index (Phi) is 3.52. The van der Waals surface area contributed by atoms with Gasteiger partial charge < -0.3 is 10.3 Å². The summed E-state index contributed by atoms with van der Waals surface area (Å²) in [4.78, 5) is 10.1. The fourth-order valence-corrected chi connectivity index (χ4v) is 4.30. The number of fused-ring (bicyclic) bond motifs is 2. The highest BCUT2D eigenvalue weighted by molar-refractivity contribution is 5.80. The van der Waals surface area contributed by atoms with Crippen molar-refractivity contribution >= 4 is 10.9 Å². The summed E-state index contributed by atoms with van der Waals surface area (Å²) >= 11 is 0. The van der Waals surface area contributed by atoms with Gasteiger partial charge in [-0.05, 0) is 63.6 Å². The van der Waals surface area contributed by atoms with Gasteiger partial charge in [-0.3, -0.25) is 4.84 Å². The normalized spacial score (nSPS) is 29.1. The minimum atomic E-state index is -0.175. The maximum Gasteiger partial charge on any atom is 0.101 e. The van der Waals surface area contributed by atoms with E-state index >= 15 is 0 Å². The lowest BCUT2D eigenvalue weighted by Crippen LogP contribution is -2.57. The van der Waals surface area contributed by atoms with Crippen LogP contribution >= 0.6 is 0 Å². The highest BCUT2D eigenvalue weighted by atomic mass is 16.7. The van der Waals surface area contributed by atoms with Gasteiger partial charge in [-0.2, -0.15) is 5.06 Å². The van der Waals surface area contributed by atoms with Crippen LogP contribution in [0.25, 0.3) is 10.9 Å². The number of para-hydroxylation sites is 1. The third kappa shape index (κ3) is 2.49. The highest BCUT2D eigenvalue weighted by Crippen LogP contribution is 2.47. The van der Waals surface area contributed by atoms with Crippen LogP contribution in [0.2, 0.25) is 0 Å². The van der Waals surface area contributed by atoms with Crippen molar-refractivity contribution in [2.75, 3.05) is 19.6 Å². The number of aromatic nitrogens is 1. The van der Waals surface area contributed by atoms with Crippen LogP contribution in [-0.4, -0.2) is 35.3 Å². The van der Waals surface area contributed by atoms with Crippen LogP contribution in [0.5, 0.6) is 0 Å². The molecule has 2 aliphatic heterocycles. The second-order valence-electron chi connectivity index (χ2n) is 7.95. The van der Waals surface area contributed by atoms with E-state index in [2.05, 4.69) is 66.5 Å². The molecule has 0 bridgehead atoms. The quantitative estimate of drug-likeness (QED) is 0.892. The van der Waals surface area contributed by atoms with E-state index in [1.807, 2.05) is 0 Å². The molecule has 124 valence electrons. The number of piperidine rings is 1. The summed E-state index contributed by atoms with van der Waals surface area (Å²) in [6.45, 7) is 9.45. The number of hydrogen-bond acceptors (Lipinski definition) is 3. The molecule has 2 aliphatic rings. The van der Waals surface area contributed by atoms with E-state index < -0.39 is 0 Å². The summed E-state index contributed by atoms with van der Waals surface area (Å²) in [6, 6.07) is 10.9. The monoisotopic (exact) mass is 313 g/mol. The lowest BCUT2D eigenvalue weighted by Gasteiger charge is -2.46. The summed E-state index contributed by atoms with van der Waals surface area (Å²) in [5.74, 6) is 0.638. The predicted octanol–water partition coefficient (Wildman–Crippen LogP) is 3.41. The number of hydrogen-bond donors (Lipinski definition) is 2. The molecule has 2 saturated heterocycles. The SMILES string of the molecule is CC(C)(C)ON1CCC2CCNCC21c1cc2ccccc2[nH]1. The lowest BCUT2D eigenvalue weighted by atomic mass is 9.78. The molecule has 2 unspecified atom stereocenters. The van der Waals surface area contributed by atoms with Crippen molar-refractivity contribution in [3.63, 3.8) is 0 Å². The average molecular weight is 313 g/mol. The van der Waals surface area contributed by atoms with Crippen molar-refractivity contribution in [2.45, 2.75) is 44.8 Å². The van der Waals surface area contributed by atoms with Crippen molar-refractivity contribution in [1.82, 2.24) is 15.4 Å². The molecular weight excluding hydrogens is 286 g/mol.